The number of rotatable bonds is 8. The Morgan fingerprint density at radius 1 is 0.375 bits per heavy atom. The summed E-state index contributed by atoms with van der Waals surface area (Å²) in [5, 5.41) is 38.1. The molecule has 0 N–H and O–H groups in total. The largest absolute Gasteiger partial charge is 1.00 e. The molecule has 0 aromatic carbocycles. The van der Waals surface area contributed by atoms with Gasteiger partial charge in [-0.3, -0.25) is 0 Å². The van der Waals surface area contributed by atoms with Gasteiger partial charge in [-0.25, -0.2) is 0 Å². The van der Waals surface area contributed by atoms with Gasteiger partial charge in [0, 0.05) is 0 Å². The normalized spacial score (nSPS) is 7.00. The van der Waals surface area contributed by atoms with Gasteiger partial charge < -0.3 is 20.4 Å². The summed E-state index contributed by atoms with van der Waals surface area (Å²) in [6, 6.07) is 0. The molecule has 128 valence electrons. The standard InChI is InChI=1S/4C4H9O.4Na/c4*1-2-3-4-5;;;;/h4*2-4H2,1H3;;;;/q4*-1;4*+1. The molecule has 0 fully saturated rings. The van der Waals surface area contributed by atoms with Crippen LogP contribution < -0.4 is 139 Å². The van der Waals surface area contributed by atoms with E-state index in [1.165, 1.54) is 0 Å². The monoisotopic (exact) mass is 384 g/mol. The minimum atomic E-state index is 0. The first-order chi connectivity index (χ1) is 9.66. The summed E-state index contributed by atoms with van der Waals surface area (Å²) in [4.78, 5) is 0. The summed E-state index contributed by atoms with van der Waals surface area (Å²) in [7, 11) is 0. The third-order valence-corrected chi connectivity index (χ3v) is 1.99. The quantitative estimate of drug-likeness (QED) is 0.389. The first-order valence-electron chi connectivity index (χ1n) is 7.98. The van der Waals surface area contributed by atoms with Crippen LogP contribution in [-0.4, -0.2) is 26.4 Å². The van der Waals surface area contributed by atoms with Crippen molar-refractivity contribution in [2.75, 3.05) is 26.4 Å². The smallest absolute Gasteiger partial charge is 0.854 e. The zero-order valence-corrected chi connectivity index (χ0v) is 26.1. The molecule has 0 aliphatic rings. The first-order valence-corrected chi connectivity index (χ1v) is 7.98. The fourth-order valence-corrected chi connectivity index (χ4v) is 0.577. The van der Waals surface area contributed by atoms with Gasteiger partial charge in [0.25, 0.3) is 0 Å². The zero-order valence-electron chi connectivity index (χ0n) is 18.1. The maximum absolute atomic E-state index is 9.53. The Morgan fingerprint density at radius 3 is 0.500 bits per heavy atom. The Balaban J connectivity index is -0.0000000225. The Bertz CT molecular complexity index is 84.1. The van der Waals surface area contributed by atoms with Crippen molar-refractivity contribution in [3.8, 4) is 0 Å². The number of unbranched alkanes of at least 4 members (excludes halogenated alkanes) is 4. The van der Waals surface area contributed by atoms with Crippen molar-refractivity contribution in [3.63, 3.8) is 0 Å². The van der Waals surface area contributed by atoms with Crippen molar-refractivity contribution in [2.24, 2.45) is 0 Å². The summed E-state index contributed by atoms with van der Waals surface area (Å²) in [6.45, 7) is 8.42. The second-order valence-electron chi connectivity index (χ2n) is 4.23. The Morgan fingerprint density at radius 2 is 0.500 bits per heavy atom. The van der Waals surface area contributed by atoms with Crippen LogP contribution in [0.25, 0.3) is 0 Å². The molecule has 0 aromatic rings. The van der Waals surface area contributed by atoms with Crippen LogP contribution in [0.2, 0.25) is 0 Å². The molecule has 0 heterocycles. The van der Waals surface area contributed by atoms with Gasteiger partial charge in [0.15, 0.2) is 0 Å². The van der Waals surface area contributed by atoms with E-state index in [9.17, 15) is 20.4 Å². The minimum absolute atomic E-state index is 0. The summed E-state index contributed by atoms with van der Waals surface area (Å²) in [5.74, 6) is 0. The van der Waals surface area contributed by atoms with E-state index in [0.717, 1.165) is 51.4 Å². The van der Waals surface area contributed by atoms with Crippen LogP contribution >= 0.6 is 0 Å². The molecule has 0 spiro atoms. The third-order valence-electron chi connectivity index (χ3n) is 1.99. The maximum atomic E-state index is 9.53. The van der Waals surface area contributed by atoms with Crippen molar-refractivity contribution >= 4 is 0 Å². The van der Waals surface area contributed by atoms with Gasteiger partial charge in [0.05, 0.1) is 0 Å². The number of hydrogen-bond acceptors (Lipinski definition) is 4. The average molecular weight is 384 g/mol. The molecule has 0 saturated carbocycles. The van der Waals surface area contributed by atoms with Gasteiger partial charge in [-0.05, 0) is 0 Å². The van der Waals surface area contributed by atoms with E-state index in [2.05, 4.69) is 0 Å². The fourth-order valence-electron chi connectivity index (χ4n) is 0.577. The molecule has 8 heteroatoms. The van der Waals surface area contributed by atoms with Gasteiger partial charge in [-0.2, -0.15) is 0 Å². The second-order valence-corrected chi connectivity index (χ2v) is 4.23. The molecular formula is C16H36Na4O4. The summed E-state index contributed by atoms with van der Waals surface area (Å²) < 4.78 is 0. The summed E-state index contributed by atoms with van der Waals surface area (Å²) in [6.07, 6.45) is 7.46. The zero-order chi connectivity index (χ0) is 16.5. The van der Waals surface area contributed by atoms with E-state index in [0.29, 0.717) is 0 Å². The molecule has 0 bridgehead atoms. The summed E-state index contributed by atoms with van der Waals surface area (Å²) >= 11 is 0. The fraction of sp³-hybridized carbons (Fsp3) is 1.00. The predicted octanol–water partition coefficient (Wildman–Crippen LogP) is -11.4. The molecule has 4 nitrogen and oxygen atoms in total. The van der Waals surface area contributed by atoms with Gasteiger partial charge >= 0.3 is 118 Å². The molecule has 0 aliphatic carbocycles. The number of hydrogen-bond donors (Lipinski definition) is 0. The van der Waals surface area contributed by atoms with Crippen LogP contribution in [0.5, 0.6) is 0 Å². The van der Waals surface area contributed by atoms with Gasteiger partial charge in [-0.15, -0.1) is 26.4 Å². The Labute approximate surface area is 240 Å². The van der Waals surface area contributed by atoms with Crippen LogP contribution in [-0.2, 0) is 0 Å². The van der Waals surface area contributed by atoms with Crippen LogP contribution in [0.3, 0.4) is 0 Å². The molecule has 24 heavy (non-hydrogen) atoms. The van der Waals surface area contributed by atoms with E-state index in [-0.39, 0.29) is 145 Å². The van der Waals surface area contributed by atoms with E-state index < -0.39 is 0 Å². The van der Waals surface area contributed by atoms with Crippen LogP contribution in [0.15, 0.2) is 0 Å². The maximum Gasteiger partial charge on any atom is 1.00 e. The first kappa shape index (κ1) is 51.0. The van der Waals surface area contributed by atoms with E-state index in [4.69, 9.17) is 0 Å². The van der Waals surface area contributed by atoms with Crippen molar-refractivity contribution in [1.29, 1.82) is 0 Å². The van der Waals surface area contributed by atoms with Gasteiger partial charge in [-0.1, -0.05) is 79.1 Å². The van der Waals surface area contributed by atoms with Crippen LogP contribution in [0, 0.1) is 0 Å². The van der Waals surface area contributed by atoms with Crippen molar-refractivity contribution in [2.45, 2.75) is 79.1 Å². The van der Waals surface area contributed by atoms with Gasteiger partial charge in [0.2, 0.25) is 0 Å². The second kappa shape index (κ2) is 71.4. The molecule has 0 amide bonds. The molecular weight excluding hydrogens is 348 g/mol. The van der Waals surface area contributed by atoms with Crippen molar-refractivity contribution in [3.05, 3.63) is 0 Å². The van der Waals surface area contributed by atoms with Crippen LogP contribution in [0.4, 0.5) is 0 Å². The topological polar surface area (TPSA) is 92.2 Å². The van der Waals surface area contributed by atoms with E-state index >= 15 is 0 Å². The summed E-state index contributed by atoms with van der Waals surface area (Å²) in [5.41, 5.74) is 0. The van der Waals surface area contributed by atoms with Crippen LogP contribution in [0.1, 0.15) is 79.1 Å². The molecule has 0 saturated heterocycles. The van der Waals surface area contributed by atoms with E-state index in [1.54, 1.807) is 0 Å². The SMILES string of the molecule is CCCC[O-].CCCC[O-].CCCC[O-].CCCC[O-].[Na+].[Na+].[Na+].[Na+]. The predicted molar refractivity (Wildman–Crippen MR) is 79.1 cm³/mol. The molecule has 0 aromatic heterocycles. The Kier molecular flexibility index (Phi) is 152. The molecule has 0 rings (SSSR count). The average Bonchev–Trinajstić information content (AvgIpc) is 2.44. The molecule has 0 unspecified atom stereocenters. The van der Waals surface area contributed by atoms with Crippen molar-refractivity contribution < 1.29 is 139 Å². The molecule has 0 radical (unpaired) electrons. The van der Waals surface area contributed by atoms with Gasteiger partial charge in [0.1, 0.15) is 0 Å². The molecule has 0 aliphatic heterocycles. The van der Waals surface area contributed by atoms with E-state index in [1.807, 2.05) is 27.7 Å². The third kappa shape index (κ3) is 114. The van der Waals surface area contributed by atoms with Crippen molar-refractivity contribution in [1.82, 2.24) is 0 Å². The molecule has 0 atom stereocenters. The Hall–Kier alpha value is 3.84. The minimum Gasteiger partial charge on any atom is -0.854 e.